The van der Waals surface area contributed by atoms with Crippen molar-refractivity contribution < 1.29 is 13.2 Å². The average Bonchev–Trinajstić information content (AvgIpc) is 2.49. The first-order valence-corrected chi connectivity index (χ1v) is 9.70. The summed E-state index contributed by atoms with van der Waals surface area (Å²) < 4.78 is 24.6. The Morgan fingerprint density at radius 2 is 1.67 bits per heavy atom. The number of carbonyl (C=O) groups is 1. The second-order valence-corrected chi connectivity index (χ2v) is 7.75. The number of aryl methyl sites for hydroxylation is 1. The summed E-state index contributed by atoms with van der Waals surface area (Å²) in [5.74, 6) is -0.171. The summed E-state index contributed by atoms with van der Waals surface area (Å²) in [6, 6.07) is 11.7. The summed E-state index contributed by atoms with van der Waals surface area (Å²) in [6.07, 6.45) is 1.80. The molecule has 2 rings (SSSR count). The Balaban J connectivity index is 1.91. The van der Waals surface area contributed by atoms with Crippen LogP contribution in [0.2, 0.25) is 10.0 Å². The van der Waals surface area contributed by atoms with Gasteiger partial charge in [-0.2, -0.15) is 0 Å². The molecule has 0 saturated carbocycles. The van der Waals surface area contributed by atoms with E-state index < -0.39 is 10.0 Å². The summed E-state index contributed by atoms with van der Waals surface area (Å²) in [5, 5.41) is 3.67. The largest absolute Gasteiger partial charge is 0.326 e. The Morgan fingerprint density at radius 3 is 2.29 bits per heavy atom. The van der Waals surface area contributed by atoms with Crippen molar-refractivity contribution in [2.75, 3.05) is 16.3 Å². The number of anilines is 2. The maximum Gasteiger partial charge on any atom is 0.229 e. The Kier molecular flexibility index (Phi) is 6.10. The first-order valence-electron chi connectivity index (χ1n) is 7.05. The van der Waals surface area contributed by atoms with Crippen molar-refractivity contribution in [1.82, 2.24) is 0 Å². The Morgan fingerprint density at radius 1 is 1.04 bits per heavy atom. The minimum Gasteiger partial charge on any atom is -0.326 e. The van der Waals surface area contributed by atoms with Gasteiger partial charge < -0.3 is 5.32 Å². The number of benzene rings is 2. The lowest BCUT2D eigenvalue weighted by Gasteiger charge is -2.08. The molecule has 0 aliphatic rings. The molecule has 0 aliphatic carbocycles. The van der Waals surface area contributed by atoms with Gasteiger partial charge in [0.1, 0.15) is 0 Å². The van der Waals surface area contributed by atoms with Gasteiger partial charge in [0.2, 0.25) is 15.9 Å². The highest BCUT2D eigenvalue weighted by Crippen LogP contribution is 2.26. The highest BCUT2D eigenvalue weighted by molar-refractivity contribution is 7.92. The molecule has 5 nitrogen and oxygen atoms in total. The SMILES string of the molecule is CS(=O)(=O)Nc1ccc(NC(=O)CCc2cccc(Cl)c2Cl)cc1. The van der Waals surface area contributed by atoms with Gasteiger partial charge in [-0.3, -0.25) is 9.52 Å². The van der Waals surface area contributed by atoms with Crippen LogP contribution in [0.5, 0.6) is 0 Å². The normalized spacial score (nSPS) is 11.1. The van der Waals surface area contributed by atoms with Crippen LogP contribution in [-0.4, -0.2) is 20.6 Å². The molecule has 0 radical (unpaired) electrons. The number of sulfonamides is 1. The monoisotopic (exact) mass is 386 g/mol. The van der Waals surface area contributed by atoms with Crippen LogP contribution in [-0.2, 0) is 21.2 Å². The molecule has 8 heteroatoms. The topological polar surface area (TPSA) is 75.3 Å². The molecule has 2 aromatic carbocycles. The summed E-state index contributed by atoms with van der Waals surface area (Å²) in [5.41, 5.74) is 1.82. The van der Waals surface area contributed by atoms with Crippen molar-refractivity contribution in [1.29, 1.82) is 0 Å². The van der Waals surface area contributed by atoms with Crippen LogP contribution in [0, 0.1) is 0 Å². The lowest BCUT2D eigenvalue weighted by molar-refractivity contribution is -0.116. The number of amides is 1. The highest BCUT2D eigenvalue weighted by atomic mass is 35.5. The first kappa shape index (κ1) is 18.6. The standard InChI is InChI=1S/C16H16Cl2N2O3S/c1-24(22,23)20-13-8-6-12(7-9-13)19-15(21)10-5-11-3-2-4-14(17)16(11)18/h2-4,6-9,20H,5,10H2,1H3,(H,19,21). The van der Waals surface area contributed by atoms with Gasteiger partial charge >= 0.3 is 0 Å². The molecule has 0 atom stereocenters. The van der Waals surface area contributed by atoms with Crippen LogP contribution in [0.15, 0.2) is 42.5 Å². The van der Waals surface area contributed by atoms with E-state index in [9.17, 15) is 13.2 Å². The predicted octanol–water partition coefficient (Wildman–Crippen LogP) is 3.94. The van der Waals surface area contributed by atoms with Gasteiger partial charge in [0.25, 0.3) is 0 Å². The highest BCUT2D eigenvalue weighted by Gasteiger charge is 2.08. The second kappa shape index (κ2) is 7.88. The lowest BCUT2D eigenvalue weighted by Crippen LogP contribution is -2.13. The Bertz CT molecular complexity index is 837. The molecule has 2 aromatic rings. The van der Waals surface area contributed by atoms with Gasteiger partial charge in [0.15, 0.2) is 0 Å². The molecule has 0 aromatic heterocycles. The Labute approximate surface area is 151 Å². The molecule has 128 valence electrons. The molecular weight excluding hydrogens is 371 g/mol. The number of carbonyl (C=O) groups excluding carboxylic acids is 1. The van der Waals surface area contributed by atoms with Gasteiger partial charge in [0.05, 0.1) is 16.3 Å². The van der Waals surface area contributed by atoms with Crippen LogP contribution in [0.25, 0.3) is 0 Å². The van der Waals surface area contributed by atoms with Crippen LogP contribution in [0.3, 0.4) is 0 Å². The summed E-state index contributed by atoms with van der Waals surface area (Å²) >= 11 is 12.0. The van der Waals surface area contributed by atoms with E-state index in [1.54, 1.807) is 36.4 Å². The van der Waals surface area contributed by atoms with E-state index in [0.29, 0.717) is 27.8 Å². The number of halogens is 2. The predicted molar refractivity (Wildman–Crippen MR) is 98.3 cm³/mol. The minimum atomic E-state index is -3.32. The van der Waals surface area contributed by atoms with Crippen molar-refractivity contribution in [3.63, 3.8) is 0 Å². The van der Waals surface area contributed by atoms with Crippen molar-refractivity contribution in [3.8, 4) is 0 Å². The van der Waals surface area contributed by atoms with Crippen LogP contribution >= 0.6 is 23.2 Å². The molecule has 1 amide bonds. The number of hydrogen-bond donors (Lipinski definition) is 2. The van der Waals surface area contributed by atoms with E-state index >= 15 is 0 Å². The molecule has 0 unspecified atom stereocenters. The number of rotatable bonds is 6. The van der Waals surface area contributed by atoms with Gasteiger partial charge in [-0.15, -0.1) is 0 Å². The average molecular weight is 387 g/mol. The molecule has 0 bridgehead atoms. The fourth-order valence-electron chi connectivity index (χ4n) is 2.05. The van der Waals surface area contributed by atoms with Gasteiger partial charge in [-0.25, -0.2) is 8.42 Å². The number of hydrogen-bond acceptors (Lipinski definition) is 3. The summed E-state index contributed by atoms with van der Waals surface area (Å²) in [6.45, 7) is 0. The molecule has 0 fully saturated rings. The van der Waals surface area contributed by atoms with Crippen LogP contribution in [0.1, 0.15) is 12.0 Å². The smallest absolute Gasteiger partial charge is 0.229 e. The number of nitrogens with one attached hydrogen (secondary N) is 2. The van der Waals surface area contributed by atoms with E-state index in [1.165, 1.54) is 0 Å². The molecule has 0 spiro atoms. The van der Waals surface area contributed by atoms with E-state index in [1.807, 2.05) is 6.07 Å². The van der Waals surface area contributed by atoms with Gasteiger partial charge in [-0.05, 0) is 42.3 Å². The second-order valence-electron chi connectivity index (χ2n) is 5.21. The van der Waals surface area contributed by atoms with Crippen molar-refractivity contribution in [2.24, 2.45) is 0 Å². The van der Waals surface area contributed by atoms with E-state index in [-0.39, 0.29) is 12.3 Å². The minimum absolute atomic E-state index is 0.171. The fourth-order valence-corrected chi connectivity index (χ4v) is 3.03. The van der Waals surface area contributed by atoms with E-state index in [4.69, 9.17) is 23.2 Å². The maximum atomic E-state index is 12.0. The zero-order valence-corrected chi connectivity index (χ0v) is 15.2. The lowest BCUT2D eigenvalue weighted by atomic mass is 10.1. The maximum absolute atomic E-state index is 12.0. The van der Waals surface area contributed by atoms with E-state index in [0.717, 1.165) is 11.8 Å². The van der Waals surface area contributed by atoms with Crippen molar-refractivity contribution >= 4 is 50.5 Å². The third kappa shape index (κ3) is 5.70. The summed E-state index contributed by atoms with van der Waals surface area (Å²) in [7, 11) is -3.32. The van der Waals surface area contributed by atoms with Gasteiger partial charge in [0, 0.05) is 17.8 Å². The molecular formula is C16H16Cl2N2O3S. The zero-order chi connectivity index (χ0) is 17.7. The summed E-state index contributed by atoms with van der Waals surface area (Å²) in [4.78, 5) is 12.0. The molecule has 0 heterocycles. The molecule has 2 N–H and O–H groups in total. The van der Waals surface area contributed by atoms with Crippen LogP contribution in [0.4, 0.5) is 11.4 Å². The molecule has 24 heavy (non-hydrogen) atoms. The molecule has 0 aliphatic heterocycles. The quantitative estimate of drug-likeness (QED) is 0.789. The Hall–Kier alpha value is -1.76. The fraction of sp³-hybridized carbons (Fsp3) is 0.188. The third-order valence-corrected chi connectivity index (χ3v) is 4.59. The first-order chi connectivity index (χ1) is 11.2. The van der Waals surface area contributed by atoms with Crippen molar-refractivity contribution in [2.45, 2.75) is 12.8 Å². The van der Waals surface area contributed by atoms with Crippen LogP contribution < -0.4 is 10.0 Å². The van der Waals surface area contributed by atoms with Gasteiger partial charge in [-0.1, -0.05) is 35.3 Å². The zero-order valence-electron chi connectivity index (χ0n) is 12.8. The molecule has 0 saturated heterocycles. The van der Waals surface area contributed by atoms with E-state index in [2.05, 4.69) is 10.0 Å². The van der Waals surface area contributed by atoms with Crippen molar-refractivity contribution in [3.05, 3.63) is 58.1 Å². The third-order valence-electron chi connectivity index (χ3n) is 3.12.